The Labute approximate surface area is 176 Å². The molecule has 3 rings (SSSR count). The fraction of sp³-hybridized carbons (Fsp3) is 0.824. The molecule has 8 nitrogen and oxygen atoms in total. The molecule has 11 heteroatoms. The van der Waals surface area contributed by atoms with Gasteiger partial charge in [-0.1, -0.05) is 6.58 Å². The minimum Gasteiger partial charge on any atom is -0.391 e. The average molecular weight is 455 g/mol. The fourth-order valence-electron chi connectivity index (χ4n) is 3.96. The number of alkyl halides is 2. The first-order valence-electron chi connectivity index (χ1n) is 9.55. The molecule has 0 aromatic rings. The van der Waals surface area contributed by atoms with Crippen LogP contribution in [0.25, 0.3) is 0 Å². The topological polar surface area (TPSA) is 93.2 Å². The maximum Gasteiger partial charge on any atom is 0.236 e. The number of rotatable bonds is 6. The minimum absolute atomic E-state index is 0.00422. The van der Waals surface area contributed by atoms with Crippen molar-refractivity contribution >= 4 is 39.1 Å². The maximum atomic E-state index is 12.4. The van der Waals surface area contributed by atoms with Crippen LogP contribution in [-0.2, 0) is 14.8 Å². The van der Waals surface area contributed by atoms with E-state index < -0.39 is 16.1 Å². The molecule has 4 unspecified atom stereocenters. The molecule has 4 atom stereocenters. The van der Waals surface area contributed by atoms with Gasteiger partial charge < -0.3 is 15.3 Å². The van der Waals surface area contributed by atoms with Crippen molar-refractivity contribution in [3.05, 3.63) is 12.0 Å². The predicted molar refractivity (Wildman–Crippen MR) is 109 cm³/mol. The van der Waals surface area contributed by atoms with Crippen molar-refractivity contribution in [3.63, 3.8) is 0 Å². The van der Waals surface area contributed by atoms with Crippen molar-refractivity contribution in [3.8, 4) is 0 Å². The molecule has 2 N–H and O–H groups in total. The van der Waals surface area contributed by atoms with Crippen LogP contribution in [0, 0.1) is 0 Å². The van der Waals surface area contributed by atoms with Gasteiger partial charge in [-0.3, -0.25) is 9.69 Å². The monoisotopic (exact) mass is 454 g/mol. The van der Waals surface area contributed by atoms with Crippen LogP contribution in [0.5, 0.6) is 0 Å². The lowest BCUT2D eigenvalue weighted by atomic mass is 9.91. The van der Waals surface area contributed by atoms with Crippen molar-refractivity contribution in [1.29, 1.82) is 0 Å². The number of sulfonamides is 1. The quantitative estimate of drug-likeness (QED) is 0.531. The standard InChI is InChI=1S/C17H28Cl2N4O4S/c1-2-28(26,27)23-5-3-21(4-6-23)12-10-22(11-12)17(25)9-20-15-7-13(18)14(19)8-16(15)24/h2,12-16,20,24H,1,3-11H2. The van der Waals surface area contributed by atoms with Crippen LogP contribution in [0.4, 0.5) is 0 Å². The van der Waals surface area contributed by atoms with Crippen molar-refractivity contribution in [2.24, 2.45) is 0 Å². The number of halogens is 2. The van der Waals surface area contributed by atoms with Gasteiger partial charge >= 0.3 is 0 Å². The third-order valence-corrected chi connectivity index (χ3v) is 8.49. The number of aliphatic hydroxyl groups excluding tert-OH is 1. The summed E-state index contributed by atoms with van der Waals surface area (Å²) < 4.78 is 25.1. The van der Waals surface area contributed by atoms with E-state index in [-0.39, 0.29) is 35.3 Å². The molecule has 160 valence electrons. The Morgan fingerprint density at radius 1 is 1.14 bits per heavy atom. The van der Waals surface area contributed by atoms with Crippen LogP contribution in [0.3, 0.4) is 0 Å². The Hall–Kier alpha value is -0.420. The van der Waals surface area contributed by atoms with E-state index in [4.69, 9.17) is 23.2 Å². The van der Waals surface area contributed by atoms with Crippen LogP contribution < -0.4 is 5.32 Å². The lowest BCUT2D eigenvalue weighted by Crippen LogP contribution is -2.65. The van der Waals surface area contributed by atoms with E-state index in [9.17, 15) is 18.3 Å². The molecule has 28 heavy (non-hydrogen) atoms. The molecule has 0 aromatic heterocycles. The van der Waals surface area contributed by atoms with Crippen molar-refractivity contribution < 1.29 is 18.3 Å². The van der Waals surface area contributed by atoms with Crippen molar-refractivity contribution in [2.75, 3.05) is 45.8 Å². The fourth-order valence-corrected chi connectivity index (χ4v) is 5.42. The Morgan fingerprint density at radius 3 is 2.36 bits per heavy atom. The number of nitrogens with one attached hydrogen (secondary N) is 1. The van der Waals surface area contributed by atoms with Crippen LogP contribution in [0.2, 0.25) is 0 Å². The van der Waals surface area contributed by atoms with Gasteiger partial charge in [0.25, 0.3) is 0 Å². The molecule has 0 radical (unpaired) electrons. The highest BCUT2D eigenvalue weighted by Gasteiger charge is 2.38. The molecule has 0 aromatic carbocycles. The highest BCUT2D eigenvalue weighted by atomic mass is 35.5. The van der Waals surface area contributed by atoms with Gasteiger partial charge in [0.05, 0.1) is 23.4 Å². The van der Waals surface area contributed by atoms with Gasteiger partial charge in [-0.25, -0.2) is 8.42 Å². The predicted octanol–water partition coefficient (Wildman–Crippen LogP) is -0.384. The highest BCUT2D eigenvalue weighted by Crippen LogP contribution is 2.28. The summed E-state index contributed by atoms with van der Waals surface area (Å²) in [5.74, 6) is -0.00422. The number of hydrogen-bond donors (Lipinski definition) is 2. The number of amides is 1. The zero-order chi connectivity index (χ0) is 20.5. The summed E-state index contributed by atoms with van der Waals surface area (Å²) in [5, 5.41) is 13.7. The average Bonchev–Trinajstić information content (AvgIpc) is 2.63. The number of carbonyl (C=O) groups is 1. The second-order valence-corrected chi connectivity index (χ2v) is 10.7. The third kappa shape index (κ3) is 5.00. The molecule has 1 amide bonds. The van der Waals surface area contributed by atoms with Gasteiger partial charge in [-0.2, -0.15) is 4.31 Å². The van der Waals surface area contributed by atoms with E-state index in [1.54, 1.807) is 4.90 Å². The molecular formula is C17H28Cl2N4O4S. The molecule has 1 aliphatic carbocycles. The van der Waals surface area contributed by atoms with Gasteiger partial charge in [0.15, 0.2) is 0 Å². The minimum atomic E-state index is -3.35. The number of piperazine rings is 1. The largest absolute Gasteiger partial charge is 0.391 e. The first kappa shape index (κ1) is 22.3. The Balaban J connectivity index is 1.37. The van der Waals surface area contributed by atoms with Gasteiger partial charge in [0.1, 0.15) is 0 Å². The number of carbonyl (C=O) groups excluding carboxylic acids is 1. The van der Waals surface area contributed by atoms with Crippen molar-refractivity contribution in [2.45, 2.75) is 41.8 Å². The van der Waals surface area contributed by atoms with E-state index in [0.29, 0.717) is 52.1 Å². The van der Waals surface area contributed by atoms with Gasteiger partial charge in [0, 0.05) is 56.8 Å². The Kier molecular flexibility index (Phi) is 7.28. The summed E-state index contributed by atoms with van der Waals surface area (Å²) >= 11 is 12.2. The zero-order valence-corrected chi connectivity index (χ0v) is 18.0. The van der Waals surface area contributed by atoms with E-state index >= 15 is 0 Å². The maximum absolute atomic E-state index is 12.4. The molecule has 2 saturated heterocycles. The summed E-state index contributed by atoms with van der Waals surface area (Å²) in [4.78, 5) is 16.4. The normalized spacial score (nSPS) is 33.5. The lowest BCUT2D eigenvalue weighted by molar-refractivity contribution is -0.138. The van der Waals surface area contributed by atoms with Gasteiger partial charge in [-0.05, 0) is 12.8 Å². The summed E-state index contributed by atoms with van der Waals surface area (Å²) in [7, 11) is -3.35. The number of hydrogen-bond acceptors (Lipinski definition) is 6. The van der Waals surface area contributed by atoms with Crippen LogP contribution in [-0.4, -0.2) is 108 Å². The van der Waals surface area contributed by atoms with Crippen LogP contribution in [0.15, 0.2) is 12.0 Å². The molecule has 3 fully saturated rings. The van der Waals surface area contributed by atoms with Crippen LogP contribution in [0.1, 0.15) is 12.8 Å². The molecular weight excluding hydrogens is 427 g/mol. The molecule has 3 aliphatic rings. The zero-order valence-electron chi connectivity index (χ0n) is 15.7. The molecule has 1 saturated carbocycles. The van der Waals surface area contributed by atoms with E-state index in [2.05, 4.69) is 16.8 Å². The molecule has 2 aliphatic heterocycles. The number of aliphatic hydroxyl groups is 1. The van der Waals surface area contributed by atoms with E-state index in [0.717, 1.165) is 5.41 Å². The van der Waals surface area contributed by atoms with Crippen LogP contribution >= 0.6 is 23.2 Å². The second kappa shape index (κ2) is 9.16. The number of nitrogens with zero attached hydrogens (tertiary/aromatic N) is 3. The smallest absolute Gasteiger partial charge is 0.236 e. The molecule has 0 bridgehead atoms. The lowest BCUT2D eigenvalue weighted by Gasteiger charge is -2.48. The summed E-state index contributed by atoms with van der Waals surface area (Å²) in [6.45, 7) is 7.01. The summed E-state index contributed by atoms with van der Waals surface area (Å²) in [6, 6.07) is 0.0421. The molecule has 0 spiro atoms. The molecule has 2 heterocycles. The Bertz CT molecular complexity index is 681. The van der Waals surface area contributed by atoms with Gasteiger partial charge in [0.2, 0.25) is 15.9 Å². The Morgan fingerprint density at radius 2 is 1.75 bits per heavy atom. The van der Waals surface area contributed by atoms with Crippen molar-refractivity contribution in [1.82, 2.24) is 19.4 Å². The summed E-state index contributed by atoms with van der Waals surface area (Å²) in [6.07, 6.45) is 0.351. The second-order valence-electron chi connectivity index (χ2n) is 7.66. The third-order valence-electron chi connectivity index (χ3n) is 5.89. The SMILES string of the molecule is C=CS(=O)(=O)N1CCN(C2CN(C(=O)CNC3CC(Cl)C(Cl)CC3O)C2)CC1. The number of likely N-dealkylation sites (tertiary alicyclic amines) is 1. The van der Waals surface area contributed by atoms with E-state index in [1.165, 1.54) is 4.31 Å². The first-order valence-corrected chi connectivity index (χ1v) is 11.9. The summed E-state index contributed by atoms with van der Waals surface area (Å²) in [5.41, 5.74) is 0. The highest BCUT2D eigenvalue weighted by molar-refractivity contribution is 7.92. The van der Waals surface area contributed by atoms with Gasteiger partial charge in [-0.15, -0.1) is 23.2 Å². The van der Waals surface area contributed by atoms with E-state index in [1.807, 2.05) is 0 Å². The first-order chi connectivity index (χ1) is 13.2.